The van der Waals surface area contributed by atoms with Crippen LogP contribution in [0, 0.1) is 18.3 Å². The van der Waals surface area contributed by atoms with Crippen LogP contribution in [0.25, 0.3) is 16.7 Å². The first-order valence-electron chi connectivity index (χ1n) is 9.20. The predicted octanol–water partition coefficient (Wildman–Crippen LogP) is 2.18. The number of nitrogens with zero attached hydrogens (tertiary/aromatic N) is 8. The summed E-state index contributed by atoms with van der Waals surface area (Å²) in [4.78, 5) is 17.7. The summed E-state index contributed by atoms with van der Waals surface area (Å²) in [6.45, 7) is 5.35. The van der Waals surface area contributed by atoms with Crippen molar-refractivity contribution < 1.29 is 0 Å². The highest BCUT2D eigenvalue weighted by atomic mass is 15.4. The van der Waals surface area contributed by atoms with Crippen molar-refractivity contribution in [2.45, 2.75) is 6.92 Å². The van der Waals surface area contributed by atoms with Crippen LogP contribution in [0.2, 0.25) is 0 Å². The van der Waals surface area contributed by atoms with Gasteiger partial charge in [-0.3, -0.25) is 0 Å². The third kappa shape index (κ3) is 2.68. The lowest BCUT2D eigenvalue weighted by Crippen LogP contribution is -2.47. The number of rotatable bonds is 2. The minimum atomic E-state index is 0.449. The molecular weight excluding hydrogens is 352 g/mol. The van der Waals surface area contributed by atoms with Gasteiger partial charge in [0, 0.05) is 49.0 Å². The summed E-state index contributed by atoms with van der Waals surface area (Å²) >= 11 is 0. The highest BCUT2D eigenvalue weighted by Crippen LogP contribution is 2.28. The summed E-state index contributed by atoms with van der Waals surface area (Å²) in [7, 11) is 0. The van der Waals surface area contributed by atoms with E-state index in [2.05, 4.69) is 42.0 Å². The van der Waals surface area contributed by atoms with Crippen molar-refractivity contribution >= 4 is 28.2 Å². The Hall–Kier alpha value is -3.73. The molecule has 3 aromatic heterocycles. The lowest BCUT2D eigenvalue weighted by Gasteiger charge is -2.37. The zero-order valence-electron chi connectivity index (χ0n) is 15.4. The quantitative estimate of drug-likeness (QED) is 0.534. The van der Waals surface area contributed by atoms with Crippen LogP contribution < -0.4 is 9.80 Å². The minimum absolute atomic E-state index is 0.449. The maximum absolute atomic E-state index is 9.36. The van der Waals surface area contributed by atoms with Gasteiger partial charge in [0.05, 0.1) is 5.52 Å². The standard InChI is InChI=1S/C20H18N8/c1-14-10-19(28-20(24-14)22-13-23-28)27-8-6-26(7-9-27)18-11-15(12-21)25-17-5-3-2-4-16(17)18/h2-5,10-11,13H,6-9H2,1H3. The van der Waals surface area contributed by atoms with Crippen molar-refractivity contribution in [3.63, 3.8) is 0 Å². The normalized spacial score (nSPS) is 14.6. The number of nitriles is 1. The molecule has 0 bridgehead atoms. The van der Waals surface area contributed by atoms with Crippen molar-refractivity contribution in [2.75, 3.05) is 36.0 Å². The van der Waals surface area contributed by atoms with E-state index < -0.39 is 0 Å². The van der Waals surface area contributed by atoms with Crippen molar-refractivity contribution in [3.05, 3.63) is 54.1 Å². The van der Waals surface area contributed by atoms with E-state index in [0.717, 1.165) is 54.3 Å². The zero-order valence-corrected chi connectivity index (χ0v) is 15.4. The second-order valence-electron chi connectivity index (χ2n) is 6.86. The monoisotopic (exact) mass is 370 g/mol. The number of piperazine rings is 1. The molecule has 4 heterocycles. The third-order valence-corrected chi connectivity index (χ3v) is 5.11. The summed E-state index contributed by atoms with van der Waals surface area (Å²) in [5.41, 5.74) is 3.30. The molecule has 1 aromatic carbocycles. The first-order valence-corrected chi connectivity index (χ1v) is 9.20. The molecule has 8 nitrogen and oxygen atoms in total. The van der Waals surface area contributed by atoms with E-state index in [0.29, 0.717) is 11.5 Å². The average Bonchev–Trinajstić information content (AvgIpc) is 3.21. The molecule has 0 N–H and O–H groups in total. The highest BCUT2D eigenvalue weighted by Gasteiger charge is 2.22. The van der Waals surface area contributed by atoms with Gasteiger partial charge in [-0.25, -0.2) is 9.97 Å². The molecule has 4 aromatic rings. The zero-order chi connectivity index (χ0) is 19.1. The van der Waals surface area contributed by atoms with Crippen LogP contribution in [-0.2, 0) is 0 Å². The Morgan fingerprint density at radius 3 is 2.61 bits per heavy atom. The van der Waals surface area contributed by atoms with Gasteiger partial charge in [0.1, 0.15) is 23.9 Å². The SMILES string of the molecule is Cc1cc(N2CCN(c3cc(C#N)nc4ccccc34)CC2)n2ncnc2n1. The summed E-state index contributed by atoms with van der Waals surface area (Å²) in [6.07, 6.45) is 1.54. The molecule has 0 radical (unpaired) electrons. The van der Waals surface area contributed by atoms with Gasteiger partial charge >= 0.3 is 0 Å². The molecule has 0 saturated carbocycles. The van der Waals surface area contributed by atoms with Gasteiger partial charge in [-0.05, 0) is 19.1 Å². The van der Waals surface area contributed by atoms with Crippen LogP contribution in [0.4, 0.5) is 11.5 Å². The van der Waals surface area contributed by atoms with E-state index in [1.807, 2.05) is 37.3 Å². The summed E-state index contributed by atoms with van der Waals surface area (Å²) in [5, 5.41) is 14.8. The maximum Gasteiger partial charge on any atom is 0.254 e. The van der Waals surface area contributed by atoms with Gasteiger partial charge in [-0.15, -0.1) is 0 Å². The Labute approximate surface area is 161 Å². The van der Waals surface area contributed by atoms with Crippen LogP contribution >= 0.6 is 0 Å². The molecule has 8 heteroatoms. The van der Waals surface area contributed by atoms with Crippen molar-refractivity contribution in [1.82, 2.24) is 24.6 Å². The molecule has 0 spiro atoms. The molecule has 28 heavy (non-hydrogen) atoms. The van der Waals surface area contributed by atoms with Crippen LogP contribution in [0.5, 0.6) is 0 Å². The molecule has 1 saturated heterocycles. The highest BCUT2D eigenvalue weighted by molar-refractivity contribution is 5.92. The van der Waals surface area contributed by atoms with Gasteiger partial charge in [0.2, 0.25) is 0 Å². The Morgan fingerprint density at radius 1 is 1.00 bits per heavy atom. The Kier molecular flexibility index (Phi) is 3.79. The van der Waals surface area contributed by atoms with E-state index in [1.54, 1.807) is 4.52 Å². The van der Waals surface area contributed by atoms with Gasteiger partial charge in [-0.1, -0.05) is 18.2 Å². The summed E-state index contributed by atoms with van der Waals surface area (Å²) < 4.78 is 1.79. The molecule has 138 valence electrons. The van der Waals surface area contributed by atoms with E-state index in [-0.39, 0.29) is 0 Å². The molecule has 1 aliphatic rings. The smallest absolute Gasteiger partial charge is 0.254 e. The number of hydrogen-bond acceptors (Lipinski definition) is 7. The Bertz CT molecular complexity index is 1210. The fourth-order valence-electron chi connectivity index (χ4n) is 3.79. The average molecular weight is 370 g/mol. The van der Waals surface area contributed by atoms with Gasteiger partial charge in [-0.2, -0.15) is 19.9 Å². The lowest BCUT2D eigenvalue weighted by atomic mass is 10.1. The van der Waals surface area contributed by atoms with Crippen LogP contribution in [0.1, 0.15) is 11.4 Å². The Morgan fingerprint density at radius 2 is 1.79 bits per heavy atom. The van der Waals surface area contributed by atoms with Crippen LogP contribution in [0.15, 0.2) is 42.7 Å². The number of anilines is 2. The van der Waals surface area contributed by atoms with Crippen molar-refractivity contribution in [1.29, 1.82) is 5.26 Å². The largest absolute Gasteiger partial charge is 0.367 e. The maximum atomic E-state index is 9.36. The minimum Gasteiger partial charge on any atom is -0.367 e. The number of fused-ring (bicyclic) bond motifs is 2. The topological polar surface area (TPSA) is 86.2 Å². The molecule has 0 aliphatic carbocycles. The van der Waals surface area contributed by atoms with Crippen molar-refractivity contribution in [2.24, 2.45) is 0 Å². The van der Waals surface area contributed by atoms with Gasteiger partial charge in [0.15, 0.2) is 0 Å². The fraction of sp³-hybridized carbons (Fsp3) is 0.250. The lowest BCUT2D eigenvalue weighted by molar-refractivity contribution is 0.639. The molecule has 1 aliphatic heterocycles. The molecular formula is C20H18N8. The van der Waals surface area contributed by atoms with E-state index in [4.69, 9.17) is 0 Å². The number of benzene rings is 1. The second-order valence-corrected chi connectivity index (χ2v) is 6.86. The second kappa shape index (κ2) is 6.46. The van der Waals surface area contributed by atoms with Crippen molar-refractivity contribution in [3.8, 4) is 6.07 Å². The summed E-state index contributed by atoms with van der Waals surface area (Å²) in [6, 6.07) is 14.1. The van der Waals surface area contributed by atoms with Gasteiger partial charge < -0.3 is 9.80 Å². The third-order valence-electron chi connectivity index (χ3n) is 5.11. The van der Waals surface area contributed by atoms with Crippen LogP contribution in [0.3, 0.4) is 0 Å². The van der Waals surface area contributed by atoms with E-state index >= 15 is 0 Å². The number of aromatic nitrogens is 5. The molecule has 0 atom stereocenters. The van der Waals surface area contributed by atoms with Gasteiger partial charge in [0.25, 0.3) is 5.78 Å². The molecule has 5 rings (SSSR count). The fourth-order valence-corrected chi connectivity index (χ4v) is 3.79. The van der Waals surface area contributed by atoms with E-state index in [9.17, 15) is 5.26 Å². The summed E-state index contributed by atoms with van der Waals surface area (Å²) in [5.74, 6) is 1.63. The number of hydrogen-bond donors (Lipinski definition) is 0. The number of para-hydroxylation sites is 1. The van der Waals surface area contributed by atoms with E-state index in [1.165, 1.54) is 6.33 Å². The Balaban J connectivity index is 1.46. The number of aryl methyl sites for hydroxylation is 1. The first kappa shape index (κ1) is 16.4. The molecule has 0 unspecified atom stereocenters. The molecule has 0 amide bonds. The molecule has 1 fully saturated rings. The van der Waals surface area contributed by atoms with Crippen LogP contribution in [-0.4, -0.2) is 50.7 Å². The number of pyridine rings is 1. The predicted molar refractivity (Wildman–Crippen MR) is 106 cm³/mol. The first-order chi connectivity index (χ1) is 13.7.